The van der Waals surface area contributed by atoms with Crippen molar-refractivity contribution in [2.24, 2.45) is 0 Å². The number of aryl methyl sites for hydroxylation is 1. The van der Waals surface area contributed by atoms with Gasteiger partial charge in [0.1, 0.15) is 5.75 Å². The molecule has 1 aromatic heterocycles. The topological polar surface area (TPSA) is 14.2 Å². The van der Waals surface area contributed by atoms with E-state index in [4.69, 9.17) is 4.74 Å². The lowest BCUT2D eigenvalue weighted by Crippen LogP contribution is -1.92. The highest BCUT2D eigenvalue weighted by molar-refractivity contribution is 14.1. The summed E-state index contributed by atoms with van der Waals surface area (Å²) in [6.45, 7) is 3.92. The van der Waals surface area contributed by atoms with E-state index in [1.807, 2.05) is 6.92 Å². The highest BCUT2D eigenvalue weighted by Gasteiger charge is 2.19. The van der Waals surface area contributed by atoms with Crippen LogP contribution in [0.15, 0.2) is 18.2 Å². The van der Waals surface area contributed by atoms with Gasteiger partial charge in [0.15, 0.2) is 0 Å². The van der Waals surface area contributed by atoms with Gasteiger partial charge in [-0.3, -0.25) is 0 Å². The van der Waals surface area contributed by atoms with Crippen molar-refractivity contribution in [1.82, 2.24) is 4.57 Å². The first-order chi connectivity index (χ1) is 7.81. The van der Waals surface area contributed by atoms with E-state index >= 15 is 0 Å². The molecule has 0 N–H and O–H groups in total. The van der Waals surface area contributed by atoms with Crippen molar-refractivity contribution in [2.45, 2.75) is 26.3 Å². The van der Waals surface area contributed by atoms with E-state index in [9.17, 15) is 0 Å². The Morgan fingerprint density at radius 1 is 1.44 bits per heavy atom. The summed E-state index contributed by atoms with van der Waals surface area (Å²) in [5.74, 6) is 0.984. The standard InChI is InChI=1S/C13H14INO/c1-2-16-9-5-6-11-10(8-9)13(14)12-4-3-7-15(11)12/h5-6,8H,2-4,7H2,1H3. The Bertz CT molecular complexity index is 544. The van der Waals surface area contributed by atoms with E-state index in [1.54, 1.807) is 0 Å². The van der Waals surface area contributed by atoms with Crippen LogP contribution in [0.5, 0.6) is 5.75 Å². The van der Waals surface area contributed by atoms with E-state index in [2.05, 4.69) is 45.4 Å². The predicted octanol–water partition coefficient (Wildman–Crippen LogP) is 3.59. The highest BCUT2D eigenvalue weighted by Crippen LogP contribution is 2.34. The van der Waals surface area contributed by atoms with Gasteiger partial charge in [0.2, 0.25) is 0 Å². The molecule has 1 aliphatic heterocycles. The second-order valence-electron chi connectivity index (χ2n) is 4.13. The van der Waals surface area contributed by atoms with Crippen LogP contribution in [-0.2, 0) is 13.0 Å². The maximum Gasteiger partial charge on any atom is 0.120 e. The molecule has 2 heterocycles. The molecule has 1 aliphatic rings. The minimum absolute atomic E-state index is 0.732. The van der Waals surface area contributed by atoms with Gasteiger partial charge in [0.25, 0.3) is 0 Å². The van der Waals surface area contributed by atoms with E-state index in [-0.39, 0.29) is 0 Å². The molecule has 0 bridgehead atoms. The molecule has 0 saturated carbocycles. The third-order valence-electron chi connectivity index (χ3n) is 3.18. The second kappa shape index (κ2) is 3.95. The van der Waals surface area contributed by atoms with Gasteiger partial charge in [-0.1, -0.05) is 0 Å². The van der Waals surface area contributed by atoms with Gasteiger partial charge in [-0.15, -0.1) is 0 Å². The van der Waals surface area contributed by atoms with Crippen molar-refractivity contribution in [2.75, 3.05) is 6.61 Å². The molecule has 1 aromatic carbocycles. The van der Waals surface area contributed by atoms with Crippen molar-refractivity contribution in [3.8, 4) is 5.75 Å². The zero-order chi connectivity index (χ0) is 11.1. The summed E-state index contributed by atoms with van der Waals surface area (Å²) in [6.07, 6.45) is 2.51. The predicted molar refractivity (Wildman–Crippen MR) is 74.1 cm³/mol. The average molecular weight is 327 g/mol. The van der Waals surface area contributed by atoms with Crippen LogP contribution in [0.4, 0.5) is 0 Å². The van der Waals surface area contributed by atoms with Gasteiger partial charge in [-0.2, -0.15) is 0 Å². The number of halogens is 1. The van der Waals surface area contributed by atoms with Gasteiger partial charge in [0, 0.05) is 26.7 Å². The highest BCUT2D eigenvalue weighted by atomic mass is 127. The molecule has 0 spiro atoms. The monoisotopic (exact) mass is 327 g/mol. The van der Waals surface area contributed by atoms with Crippen LogP contribution in [-0.4, -0.2) is 11.2 Å². The van der Waals surface area contributed by atoms with Crippen molar-refractivity contribution in [3.05, 3.63) is 27.5 Å². The number of fused-ring (bicyclic) bond motifs is 3. The first-order valence-corrected chi connectivity index (χ1v) is 6.82. The Hall–Kier alpha value is -0.710. The number of rotatable bonds is 2. The number of ether oxygens (including phenoxy) is 1. The van der Waals surface area contributed by atoms with Crippen LogP contribution in [0, 0.1) is 3.57 Å². The minimum Gasteiger partial charge on any atom is -0.494 e. The fraction of sp³-hybridized carbons (Fsp3) is 0.385. The van der Waals surface area contributed by atoms with Gasteiger partial charge in [-0.25, -0.2) is 0 Å². The molecule has 0 atom stereocenters. The summed E-state index contributed by atoms with van der Waals surface area (Å²) in [7, 11) is 0. The lowest BCUT2D eigenvalue weighted by molar-refractivity contribution is 0.340. The third kappa shape index (κ3) is 1.44. The Labute approximate surface area is 109 Å². The number of hydrogen-bond donors (Lipinski definition) is 0. The van der Waals surface area contributed by atoms with E-state index < -0.39 is 0 Å². The van der Waals surface area contributed by atoms with Crippen molar-refractivity contribution < 1.29 is 4.74 Å². The van der Waals surface area contributed by atoms with Crippen molar-refractivity contribution in [1.29, 1.82) is 0 Å². The summed E-state index contributed by atoms with van der Waals surface area (Å²) < 4.78 is 9.42. The number of nitrogens with zero attached hydrogens (tertiary/aromatic N) is 1. The molecule has 0 unspecified atom stereocenters. The lowest BCUT2D eigenvalue weighted by Gasteiger charge is -2.04. The third-order valence-corrected chi connectivity index (χ3v) is 4.38. The molecule has 2 aromatic rings. The Morgan fingerprint density at radius 3 is 3.12 bits per heavy atom. The lowest BCUT2D eigenvalue weighted by atomic mass is 10.2. The molecule has 0 amide bonds. The van der Waals surface area contributed by atoms with Gasteiger partial charge < -0.3 is 9.30 Å². The summed E-state index contributed by atoms with van der Waals surface area (Å²) in [5.41, 5.74) is 2.87. The smallest absolute Gasteiger partial charge is 0.120 e. The van der Waals surface area contributed by atoms with Gasteiger partial charge >= 0.3 is 0 Å². The van der Waals surface area contributed by atoms with E-state index in [0.717, 1.165) is 12.4 Å². The molecule has 3 heteroatoms. The quantitative estimate of drug-likeness (QED) is 0.769. The minimum atomic E-state index is 0.732. The first kappa shape index (κ1) is 10.4. The number of aromatic nitrogens is 1. The zero-order valence-corrected chi connectivity index (χ0v) is 11.5. The molecule has 0 radical (unpaired) electrons. The van der Waals surface area contributed by atoms with Gasteiger partial charge in [-0.05, 0) is 60.6 Å². The molecule has 84 valence electrons. The van der Waals surface area contributed by atoms with Crippen LogP contribution >= 0.6 is 22.6 Å². The number of hydrogen-bond acceptors (Lipinski definition) is 1. The summed E-state index contributed by atoms with van der Waals surface area (Å²) in [4.78, 5) is 0. The molecule has 0 aliphatic carbocycles. The first-order valence-electron chi connectivity index (χ1n) is 5.74. The largest absolute Gasteiger partial charge is 0.494 e. The summed E-state index contributed by atoms with van der Waals surface area (Å²) >= 11 is 2.47. The maximum atomic E-state index is 5.56. The van der Waals surface area contributed by atoms with Crippen LogP contribution in [0.1, 0.15) is 19.0 Å². The molecular weight excluding hydrogens is 313 g/mol. The van der Waals surface area contributed by atoms with Gasteiger partial charge in [0.05, 0.1) is 6.61 Å². The average Bonchev–Trinajstić information content (AvgIpc) is 2.84. The summed E-state index contributed by atoms with van der Waals surface area (Å²) in [6, 6.07) is 6.44. The normalized spacial score (nSPS) is 14.4. The van der Waals surface area contributed by atoms with Crippen LogP contribution in [0.3, 0.4) is 0 Å². The molecular formula is C13H14INO. The van der Waals surface area contributed by atoms with Crippen LogP contribution in [0.2, 0.25) is 0 Å². The van der Waals surface area contributed by atoms with E-state index in [0.29, 0.717) is 0 Å². The second-order valence-corrected chi connectivity index (χ2v) is 5.21. The number of benzene rings is 1. The molecule has 0 saturated heterocycles. The Balaban J connectivity index is 2.21. The fourth-order valence-corrected chi connectivity index (χ4v) is 3.50. The molecule has 2 nitrogen and oxygen atoms in total. The fourth-order valence-electron chi connectivity index (χ4n) is 2.51. The molecule has 16 heavy (non-hydrogen) atoms. The summed E-state index contributed by atoms with van der Waals surface area (Å²) in [5, 5.41) is 1.35. The van der Waals surface area contributed by atoms with Crippen molar-refractivity contribution >= 4 is 33.5 Å². The van der Waals surface area contributed by atoms with E-state index in [1.165, 1.54) is 39.6 Å². The SMILES string of the molecule is CCOc1ccc2c(c1)c(I)c1n2CCC1. The Kier molecular flexibility index (Phi) is 2.58. The van der Waals surface area contributed by atoms with Crippen LogP contribution < -0.4 is 4.74 Å². The van der Waals surface area contributed by atoms with Crippen molar-refractivity contribution in [3.63, 3.8) is 0 Å². The molecule has 0 fully saturated rings. The Morgan fingerprint density at radius 2 is 2.31 bits per heavy atom. The van der Waals surface area contributed by atoms with Crippen LogP contribution in [0.25, 0.3) is 10.9 Å². The maximum absolute atomic E-state index is 5.56. The zero-order valence-electron chi connectivity index (χ0n) is 9.29. The molecule has 3 rings (SSSR count).